The van der Waals surface area contributed by atoms with Gasteiger partial charge in [0.1, 0.15) is 5.75 Å². The van der Waals surface area contributed by atoms with Crippen molar-refractivity contribution in [2.75, 3.05) is 10.6 Å². The molecule has 1 amide bonds. The number of carbonyl (C=O) groups is 2. The van der Waals surface area contributed by atoms with E-state index < -0.39 is 6.16 Å². The number of para-hydroxylation sites is 1. The first-order valence-corrected chi connectivity index (χ1v) is 10.1. The molecule has 1 aliphatic rings. The van der Waals surface area contributed by atoms with Crippen LogP contribution in [-0.4, -0.2) is 17.2 Å². The Hall–Kier alpha value is -3.80. The van der Waals surface area contributed by atoms with Crippen LogP contribution in [0.25, 0.3) is 0 Å². The second-order valence-corrected chi connectivity index (χ2v) is 8.38. The van der Waals surface area contributed by atoms with Gasteiger partial charge in [-0.2, -0.15) is 0 Å². The van der Waals surface area contributed by atoms with Gasteiger partial charge in [-0.15, -0.1) is 0 Å². The highest BCUT2D eigenvalue weighted by molar-refractivity contribution is 6.04. The molecule has 3 aromatic carbocycles. The van der Waals surface area contributed by atoms with E-state index in [1.165, 1.54) is 0 Å². The van der Waals surface area contributed by atoms with Crippen LogP contribution in [0, 0.1) is 5.41 Å². The number of nitrogens with one attached hydrogen (secondary N) is 2. The number of rotatable bonds is 4. The maximum Gasteiger partial charge on any atom is 0.511 e. The van der Waals surface area contributed by atoms with Gasteiger partial charge in [0.2, 0.25) is 0 Å². The van der Waals surface area contributed by atoms with E-state index in [1.54, 1.807) is 18.2 Å². The van der Waals surface area contributed by atoms with Crippen molar-refractivity contribution < 1.29 is 19.4 Å². The fourth-order valence-electron chi connectivity index (χ4n) is 4.08. The molecule has 0 saturated heterocycles. The fourth-order valence-corrected chi connectivity index (χ4v) is 4.08. The lowest BCUT2D eigenvalue weighted by Gasteiger charge is -2.41. The number of hydrogen-bond donors (Lipinski definition) is 3. The summed E-state index contributed by atoms with van der Waals surface area (Å²) in [5.74, 6) is 0.152. The minimum absolute atomic E-state index is 0.0179. The Balaban J connectivity index is 1.59. The van der Waals surface area contributed by atoms with Gasteiger partial charge in [-0.25, -0.2) is 4.79 Å². The van der Waals surface area contributed by atoms with Crippen molar-refractivity contribution in [2.45, 2.75) is 26.3 Å². The van der Waals surface area contributed by atoms with Crippen LogP contribution >= 0.6 is 0 Å². The van der Waals surface area contributed by atoms with Crippen LogP contribution in [0.4, 0.5) is 16.2 Å². The molecule has 3 N–H and O–H groups in total. The summed E-state index contributed by atoms with van der Waals surface area (Å²) in [4.78, 5) is 23.6. The van der Waals surface area contributed by atoms with Crippen LogP contribution in [0.5, 0.6) is 5.75 Å². The maximum atomic E-state index is 12.7. The van der Waals surface area contributed by atoms with Gasteiger partial charge in [-0.05, 0) is 65.4 Å². The van der Waals surface area contributed by atoms with Crippen LogP contribution in [0.3, 0.4) is 0 Å². The van der Waals surface area contributed by atoms with Crippen molar-refractivity contribution in [1.29, 1.82) is 0 Å². The van der Waals surface area contributed by atoms with E-state index in [0.717, 1.165) is 28.9 Å². The molecule has 0 bridgehead atoms. The monoisotopic (exact) mass is 416 g/mol. The predicted molar refractivity (Wildman–Crippen MR) is 120 cm³/mol. The molecule has 1 atom stereocenters. The van der Waals surface area contributed by atoms with E-state index in [-0.39, 0.29) is 17.4 Å². The molecular weight excluding hydrogens is 392 g/mol. The highest BCUT2D eigenvalue weighted by Gasteiger charge is 2.36. The lowest BCUT2D eigenvalue weighted by Crippen LogP contribution is -2.35. The molecule has 6 heteroatoms. The van der Waals surface area contributed by atoms with Crippen LogP contribution in [-0.2, 0) is 6.42 Å². The summed E-state index contributed by atoms with van der Waals surface area (Å²) in [7, 11) is 0. The maximum absolute atomic E-state index is 12.7. The Labute approximate surface area is 180 Å². The van der Waals surface area contributed by atoms with E-state index in [0.29, 0.717) is 11.3 Å². The number of ether oxygens (including phenoxy) is 1. The van der Waals surface area contributed by atoms with Crippen molar-refractivity contribution >= 4 is 23.4 Å². The van der Waals surface area contributed by atoms with Crippen LogP contribution in [0.2, 0.25) is 0 Å². The van der Waals surface area contributed by atoms with Gasteiger partial charge in [0, 0.05) is 16.9 Å². The standard InChI is InChI=1S/C25H24N2O4/c1-25(2)15-18-14-20(31-24(29)30)11-12-21(18)27-22(25)16-7-6-8-17(13-16)23(28)26-19-9-4-3-5-10-19/h3-14,22,27H,15H2,1-2H3,(H,26,28)(H,29,30). The van der Waals surface area contributed by atoms with Crippen LogP contribution in [0.15, 0.2) is 72.8 Å². The molecule has 0 fully saturated rings. The predicted octanol–water partition coefficient (Wildman–Crippen LogP) is 5.73. The average Bonchev–Trinajstić information content (AvgIpc) is 2.73. The Kier molecular flexibility index (Phi) is 5.38. The zero-order valence-corrected chi connectivity index (χ0v) is 17.4. The molecule has 1 unspecified atom stereocenters. The molecule has 158 valence electrons. The number of fused-ring (bicyclic) bond motifs is 1. The molecule has 0 spiro atoms. The zero-order chi connectivity index (χ0) is 22.0. The molecule has 3 aromatic rings. The number of carbonyl (C=O) groups excluding carboxylic acids is 1. The first-order valence-electron chi connectivity index (χ1n) is 10.1. The fraction of sp³-hybridized carbons (Fsp3) is 0.200. The lowest BCUT2D eigenvalue weighted by molar-refractivity contribution is 0.102. The number of hydrogen-bond acceptors (Lipinski definition) is 4. The van der Waals surface area contributed by atoms with E-state index in [2.05, 4.69) is 24.5 Å². The van der Waals surface area contributed by atoms with Gasteiger partial charge in [0.25, 0.3) is 5.91 Å². The van der Waals surface area contributed by atoms with Crippen molar-refractivity contribution in [1.82, 2.24) is 0 Å². The van der Waals surface area contributed by atoms with E-state index >= 15 is 0 Å². The average molecular weight is 416 g/mol. The zero-order valence-electron chi connectivity index (χ0n) is 17.4. The third-order valence-electron chi connectivity index (χ3n) is 5.52. The van der Waals surface area contributed by atoms with Gasteiger partial charge >= 0.3 is 6.16 Å². The van der Waals surface area contributed by atoms with Gasteiger partial charge in [0.15, 0.2) is 0 Å². The molecule has 0 radical (unpaired) electrons. The van der Waals surface area contributed by atoms with E-state index in [9.17, 15) is 9.59 Å². The van der Waals surface area contributed by atoms with Gasteiger partial charge in [0.05, 0.1) is 6.04 Å². The summed E-state index contributed by atoms with van der Waals surface area (Å²) in [6.07, 6.45) is -0.594. The Morgan fingerprint density at radius 3 is 2.55 bits per heavy atom. The minimum atomic E-state index is -1.33. The Morgan fingerprint density at radius 1 is 1.03 bits per heavy atom. The van der Waals surface area contributed by atoms with Crippen LogP contribution < -0.4 is 15.4 Å². The van der Waals surface area contributed by atoms with Crippen molar-refractivity contribution in [3.05, 3.63) is 89.5 Å². The topological polar surface area (TPSA) is 87.7 Å². The van der Waals surface area contributed by atoms with Crippen molar-refractivity contribution in [2.24, 2.45) is 5.41 Å². The number of anilines is 2. The lowest BCUT2D eigenvalue weighted by atomic mass is 9.72. The van der Waals surface area contributed by atoms with E-state index in [1.807, 2.05) is 54.6 Å². The van der Waals surface area contributed by atoms with Crippen molar-refractivity contribution in [3.63, 3.8) is 0 Å². The highest BCUT2D eigenvalue weighted by atomic mass is 16.7. The number of amides is 1. The molecule has 0 aliphatic carbocycles. The molecule has 6 nitrogen and oxygen atoms in total. The van der Waals surface area contributed by atoms with Crippen molar-refractivity contribution in [3.8, 4) is 5.75 Å². The SMILES string of the molecule is CC1(C)Cc2cc(OC(=O)O)ccc2NC1c1cccc(C(=O)Nc2ccccc2)c1. The minimum Gasteiger partial charge on any atom is -0.449 e. The number of benzene rings is 3. The molecule has 0 saturated carbocycles. The molecule has 4 rings (SSSR count). The molecule has 0 aromatic heterocycles. The third kappa shape index (κ3) is 4.53. The summed E-state index contributed by atoms with van der Waals surface area (Å²) < 4.78 is 4.80. The van der Waals surface area contributed by atoms with E-state index in [4.69, 9.17) is 9.84 Å². The second kappa shape index (κ2) is 8.14. The molecule has 1 heterocycles. The summed E-state index contributed by atoms with van der Waals surface area (Å²) in [6, 6.07) is 22.2. The normalized spacial score (nSPS) is 16.5. The third-order valence-corrected chi connectivity index (χ3v) is 5.52. The molecule has 1 aliphatic heterocycles. The number of carboxylic acid groups (broad SMARTS) is 1. The van der Waals surface area contributed by atoms with Crippen LogP contribution in [0.1, 0.15) is 41.4 Å². The summed E-state index contributed by atoms with van der Waals surface area (Å²) >= 11 is 0. The van der Waals surface area contributed by atoms with Gasteiger partial charge < -0.3 is 20.5 Å². The molecule has 31 heavy (non-hydrogen) atoms. The first kappa shape index (κ1) is 20.5. The first-order chi connectivity index (χ1) is 14.8. The largest absolute Gasteiger partial charge is 0.511 e. The smallest absolute Gasteiger partial charge is 0.449 e. The Bertz CT molecular complexity index is 1130. The van der Waals surface area contributed by atoms with Gasteiger partial charge in [-0.3, -0.25) is 4.79 Å². The highest BCUT2D eigenvalue weighted by Crippen LogP contribution is 2.45. The second-order valence-electron chi connectivity index (χ2n) is 8.38. The Morgan fingerprint density at radius 2 is 1.81 bits per heavy atom. The quantitative estimate of drug-likeness (QED) is 0.373. The summed E-state index contributed by atoms with van der Waals surface area (Å²) in [5.41, 5.74) is 4.11. The summed E-state index contributed by atoms with van der Waals surface area (Å²) in [5, 5.41) is 15.3. The van der Waals surface area contributed by atoms with Gasteiger partial charge in [-0.1, -0.05) is 44.2 Å². The molecular formula is C25H24N2O4. The summed E-state index contributed by atoms with van der Waals surface area (Å²) in [6.45, 7) is 4.30.